The van der Waals surface area contributed by atoms with Crippen LogP contribution in [0.25, 0.3) is 0 Å². The second-order valence-electron chi connectivity index (χ2n) is 6.38. The normalized spacial score (nSPS) is 20.4. The molecule has 0 bridgehead atoms. The Morgan fingerprint density at radius 3 is 2.20 bits per heavy atom. The number of hydrazone groups is 1. The van der Waals surface area contributed by atoms with E-state index >= 15 is 0 Å². The summed E-state index contributed by atoms with van der Waals surface area (Å²) in [6.07, 6.45) is 3.97. The second-order valence-corrected chi connectivity index (χ2v) is 6.38. The van der Waals surface area contributed by atoms with Crippen molar-refractivity contribution in [2.24, 2.45) is 16.9 Å². The van der Waals surface area contributed by atoms with Crippen LogP contribution >= 0.6 is 0 Å². The maximum absolute atomic E-state index is 12.1. The fraction of sp³-hybridized carbons (Fsp3) is 0.526. The maximum atomic E-state index is 12.1. The molecule has 0 heterocycles. The van der Waals surface area contributed by atoms with Gasteiger partial charge < -0.3 is 10.0 Å². The van der Waals surface area contributed by atoms with Crippen molar-refractivity contribution in [3.8, 4) is 0 Å². The SMILES string of the molecule is CCN(CC)c1ccc(/C=N/NC(=O)C2CCC(C(=O)O)CC2)cc1. The smallest absolute Gasteiger partial charge is 0.306 e. The lowest BCUT2D eigenvalue weighted by atomic mass is 9.82. The zero-order valence-corrected chi connectivity index (χ0v) is 14.9. The number of carbonyl (C=O) groups excluding carboxylic acids is 1. The lowest BCUT2D eigenvalue weighted by Gasteiger charge is -2.24. The molecule has 1 aromatic rings. The van der Waals surface area contributed by atoms with Crippen LogP contribution in [0, 0.1) is 11.8 Å². The van der Waals surface area contributed by atoms with E-state index in [1.165, 1.54) is 5.69 Å². The van der Waals surface area contributed by atoms with Gasteiger partial charge in [0, 0.05) is 24.7 Å². The van der Waals surface area contributed by atoms with Gasteiger partial charge in [-0.2, -0.15) is 5.10 Å². The Bertz CT molecular complexity index is 601. The largest absolute Gasteiger partial charge is 0.481 e. The molecule has 0 aliphatic heterocycles. The van der Waals surface area contributed by atoms with Crippen LogP contribution in [-0.4, -0.2) is 36.3 Å². The van der Waals surface area contributed by atoms with Gasteiger partial charge in [-0.25, -0.2) is 5.43 Å². The third-order valence-electron chi connectivity index (χ3n) is 4.86. The molecular formula is C19H27N3O3. The van der Waals surface area contributed by atoms with Crippen molar-refractivity contribution >= 4 is 23.8 Å². The number of benzene rings is 1. The summed E-state index contributed by atoms with van der Waals surface area (Å²) < 4.78 is 0. The molecule has 136 valence electrons. The second kappa shape index (κ2) is 9.20. The lowest BCUT2D eigenvalue weighted by Crippen LogP contribution is -2.31. The summed E-state index contributed by atoms with van der Waals surface area (Å²) in [6.45, 7) is 6.17. The van der Waals surface area contributed by atoms with Crippen LogP contribution in [0.15, 0.2) is 29.4 Å². The van der Waals surface area contributed by atoms with E-state index in [1.54, 1.807) is 6.21 Å². The van der Waals surface area contributed by atoms with E-state index in [0.29, 0.717) is 25.7 Å². The molecule has 0 saturated heterocycles. The van der Waals surface area contributed by atoms with Gasteiger partial charge in [-0.1, -0.05) is 12.1 Å². The van der Waals surface area contributed by atoms with Crippen LogP contribution in [0.3, 0.4) is 0 Å². The number of nitrogens with zero attached hydrogens (tertiary/aromatic N) is 2. The molecule has 0 atom stereocenters. The molecule has 1 aliphatic carbocycles. The number of nitrogens with one attached hydrogen (secondary N) is 1. The minimum atomic E-state index is -0.759. The molecule has 1 fully saturated rings. The number of carbonyl (C=O) groups is 2. The molecule has 2 rings (SSSR count). The Kier molecular flexibility index (Phi) is 6.98. The van der Waals surface area contributed by atoms with Crippen molar-refractivity contribution < 1.29 is 14.7 Å². The molecule has 1 amide bonds. The lowest BCUT2D eigenvalue weighted by molar-refractivity contribution is -0.144. The summed E-state index contributed by atoms with van der Waals surface area (Å²) in [5, 5.41) is 13.0. The van der Waals surface area contributed by atoms with Gasteiger partial charge in [0.05, 0.1) is 12.1 Å². The molecular weight excluding hydrogens is 318 g/mol. The van der Waals surface area contributed by atoms with E-state index < -0.39 is 5.97 Å². The molecule has 2 N–H and O–H groups in total. The molecule has 0 unspecified atom stereocenters. The van der Waals surface area contributed by atoms with Gasteiger partial charge in [-0.3, -0.25) is 9.59 Å². The van der Waals surface area contributed by atoms with Gasteiger partial charge in [0.15, 0.2) is 0 Å². The quantitative estimate of drug-likeness (QED) is 0.588. The first kappa shape index (κ1) is 19.0. The van der Waals surface area contributed by atoms with Gasteiger partial charge in [0.25, 0.3) is 0 Å². The number of aliphatic carboxylic acids is 1. The van der Waals surface area contributed by atoms with Gasteiger partial charge >= 0.3 is 5.97 Å². The van der Waals surface area contributed by atoms with Crippen LogP contribution in [0.5, 0.6) is 0 Å². The van der Waals surface area contributed by atoms with Gasteiger partial charge in [0.1, 0.15) is 0 Å². The van der Waals surface area contributed by atoms with Gasteiger partial charge in [-0.15, -0.1) is 0 Å². The van der Waals surface area contributed by atoms with Crippen molar-refractivity contribution in [3.05, 3.63) is 29.8 Å². The highest BCUT2D eigenvalue weighted by Crippen LogP contribution is 2.28. The van der Waals surface area contributed by atoms with Crippen molar-refractivity contribution in [1.29, 1.82) is 0 Å². The minimum Gasteiger partial charge on any atom is -0.481 e. The summed E-state index contributed by atoms with van der Waals surface area (Å²) >= 11 is 0. The van der Waals surface area contributed by atoms with Crippen LogP contribution < -0.4 is 10.3 Å². The molecule has 1 aromatic carbocycles. The van der Waals surface area contributed by atoms with E-state index in [1.807, 2.05) is 24.3 Å². The third-order valence-corrected chi connectivity index (χ3v) is 4.86. The number of anilines is 1. The van der Waals surface area contributed by atoms with Crippen molar-refractivity contribution in [3.63, 3.8) is 0 Å². The van der Waals surface area contributed by atoms with E-state index in [2.05, 4.69) is 29.3 Å². The summed E-state index contributed by atoms with van der Waals surface area (Å²) in [4.78, 5) is 25.3. The van der Waals surface area contributed by atoms with Crippen molar-refractivity contribution in [1.82, 2.24) is 5.43 Å². The summed E-state index contributed by atoms with van der Waals surface area (Å²) in [7, 11) is 0. The summed E-state index contributed by atoms with van der Waals surface area (Å²) in [6, 6.07) is 8.04. The standard InChI is InChI=1S/C19H27N3O3/c1-3-22(4-2)17-11-5-14(6-12-17)13-20-21-18(23)15-7-9-16(10-8-15)19(24)25/h5-6,11-13,15-16H,3-4,7-10H2,1-2H3,(H,21,23)(H,24,25)/b20-13+. The number of hydrogen-bond acceptors (Lipinski definition) is 4. The number of carboxylic acids is 1. The van der Waals surface area contributed by atoms with Crippen LogP contribution in [-0.2, 0) is 9.59 Å². The first-order valence-electron chi connectivity index (χ1n) is 8.95. The first-order valence-corrected chi connectivity index (χ1v) is 8.95. The average Bonchev–Trinajstić information content (AvgIpc) is 2.64. The highest BCUT2D eigenvalue weighted by atomic mass is 16.4. The van der Waals surface area contributed by atoms with E-state index in [9.17, 15) is 9.59 Å². The Morgan fingerprint density at radius 2 is 1.68 bits per heavy atom. The zero-order chi connectivity index (χ0) is 18.2. The predicted octanol–water partition coefficient (Wildman–Crippen LogP) is 2.87. The summed E-state index contributed by atoms with van der Waals surface area (Å²) in [5.41, 5.74) is 4.67. The zero-order valence-electron chi connectivity index (χ0n) is 14.9. The predicted molar refractivity (Wildman–Crippen MR) is 98.8 cm³/mol. The molecule has 25 heavy (non-hydrogen) atoms. The Labute approximate surface area is 148 Å². The molecule has 6 nitrogen and oxygen atoms in total. The van der Waals surface area contributed by atoms with Gasteiger partial charge in [0.2, 0.25) is 5.91 Å². The highest BCUT2D eigenvalue weighted by molar-refractivity contribution is 5.84. The van der Waals surface area contributed by atoms with Crippen LogP contribution in [0.2, 0.25) is 0 Å². The van der Waals surface area contributed by atoms with Crippen molar-refractivity contribution in [2.45, 2.75) is 39.5 Å². The molecule has 0 spiro atoms. The molecule has 6 heteroatoms. The Hall–Kier alpha value is -2.37. The third kappa shape index (κ3) is 5.31. The number of hydrogen-bond donors (Lipinski definition) is 2. The van der Waals surface area contributed by atoms with Crippen LogP contribution in [0.1, 0.15) is 45.1 Å². The first-order chi connectivity index (χ1) is 12.0. The molecule has 0 aromatic heterocycles. The molecule has 0 radical (unpaired) electrons. The number of amides is 1. The number of carboxylic acid groups (broad SMARTS) is 1. The average molecular weight is 345 g/mol. The highest BCUT2D eigenvalue weighted by Gasteiger charge is 2.29. The molecule has 1 aliphatic rings. The fourth-order valence-electron chi connectivity index (χ4n) is 3.22. The van der Waals surface area contributed by atoms with Crippen LogP contribution in [0.4, 0.5) is 5.69 Å². The van der Waals surface area contributed by atoms with Crippen molar-refractivity contribution in [2.75, 3.05) is 18.0 Å². The van der Waals surface area contributed by atoms with E-state index in [4.69, 9.17) is 5.11 Å². The summed E-state index contributed by atoms with van der Waals surface area (Å²) in [5.74, 6) is -1.33. The van der Waals surface area contributed by atoms with E-state index in [-0.39, 0.29) is 17.7 Å². The Morgan fingerprint density at radius 1 is 1.12 bits per heavy atom. The Balaban J connectivity index is 1.82. The molecule has 1 saturated carbocycles. The fourth-order valence-corrected chi connectivity index (χ4v) is 3.22. The number of rotatable bonds is 7. The van der Waals surface area contributed by atoms with E-state index in [0.717, 1.165) is 18.7 Å². The maximum Gasteiger partial charge on any atom is 0.306 e. The topological polar surface area (TPSA) is 82.0 Å². The van der Waals surface area contributed by atoms with Gasteiger partial charge in [-0.05, 0) is 57.2 Å². The monoisotopic (exact) mass is 345 g/mol. The minimum absolute atomic E-state index is 0.125.